The molecule has 0 aromatic carbocycles. The Labute approximate surface area is 137 Å². The van der Waals surface area contributed by atoms with Gasteiger partial charge in [0, 0.05) is 42.9 Å². The van der Waals surface area contributed by atoms with E-state index in [4.69, 9.17) is 0 Å². The molecular weight excluding hydrogens is 270 g/mol. The summed E-state index contributed by atoms with van der Waals surface area (Å²) in [7, 11) is 4.15. The Balaban J connectivity index is 0.000000306. The molecule has 2 aromatic rings. The van der Waals surface area contributed by atoms with Crippen molar-refractivity contribution in [1.82, 2.24) is 14.0 Å². The van der Waals surface area contributed by atoms with Crippen molar-refractivity contribution in [2.75, 3.05) is 14.1 Å². The summed E-state index contributed by atoms with van der Waals surface area (Å²) in [6, 6.07) is 10.1. The molecule has 22 heavy (non-hydrogen) atoms. The Morgan fingerprint density at radius 3 is 0.909 bits per heavy atom. The average molecular weight is 306 g/mol. The number of hydrogen-bond donors (Lipinski definition) is 0. The first-order chi connectivity index (χ1) is 10.3. The summed E-state index contributed by atoms with van der Waals surface area (Å²) in [6.07, 6.45) is 8.30. The molecule has 2 heterocycles. The second-order valence-corrected chi connectivity index (χ2v) is 6.51. The van der Waals surface area contributed by atoms with Crippen LogP contribution in [0.2, 0.25) is 0 Å². The molecule has 0 aliphatic carbocycles. The molecule has 3 heteroatoms. The fourth-order valence-electron chi connectivity index (χ4n) is 1.38. The first-order valence-corrected chi connectivity index (χ1v) is 8.17. The van der Waals surface area contributed by atoms with Crippen LogP contribution in [0.5, 0.6) is 0 Å². The van der Waals surface area contributed by atoms with Crippen LogP contribution in [0, 0.1) is 0 Å². The highest BCUT2D eigenvalue weighted by Crippen LogP contribution is 2.02. The van der Waals surface area contributed by atoms with E-state index in [1.165, 1.54) is 0 Å². The molecule has 0 fully saturated rings. The molecule has 0 radical (unpaired) electrons. The standard InChI is InChI=1S/2C7H11N.C5H13N/c2*1-7(2)8-5-3-4-6-8;1-5(2)6(3)4/h2*3-7H,1-2H3;5H,1-4H3. The van der Waals surface area contributed by atoms with Crippen LogP contribution in [-0.2, 0) is 0 Å². The lowest BCUT2D eigenvalue weighted by Crippen LogP contribution is -2.20. The molecule has 0 N–H and O–H groups in total. The zero-order valence-corrected chi connectivity index (χ0v) is 15.7. The molecule has 0 bridgehead atoms. The quantitative estimate of drug-likeness (QED) is 0.769. The Morgan fingerprint density at radius 1 is 0.591 bits per heavy atom. The highest BCUT2D eigenvalue weighted by atomic mass is 15.1. The van der Waals surface area contributed by atoms with Crippen LogP contribution in [0.3, 0.4) is 0 Å². The molecule has 0 saturated heterocycles. The Bertz CT molecular complexity index is 393. The minimum atomic E-state index is 0.602. The lowest BCUT2D eigenvalue weighted by Gasteiger charge is -2.12. The molecule has 0 unspecified atom stereocenters. The molecular formula is C19H35N3. The highest BCUT2D eigenvalue weighted by molar-refractivity contribution is 4.92. The van der Waals surface area contributed by atoms with Gasteiger partial charge in [-0.2, -0.15) is 0 Å². The number of hydrogen-bond acceptors (Lipinski definition) is 1. The van der Waals surface area contributed by atoms with Crippen molar-refractivity contribution >= 4 is 0 Å². The van der Waals surface area contributed by atoms with Crippen molar-refractivity contribution < 1.29 is 0 Å². The van der Waals surface area contributed by atoms with Crippen LogP contribution in [0.1, 0.15) is 53.6 Å². The largest absolute Gasteiger partial charge is 0.352 e. The van der Waals surface area contributed by atoms with Crippen molar-refractivity contribution in [2.24, 2.45) is 0 Å². The third-order valence-electron chi connectivity index (χ3n) is 3.48. The summed E-state index contributed by atoms with van der Waals surface area (Å²) in [6.45, 7) is 13.0. The van der Waals surface area contributed by atoms with E-state index in [-0.39, 0.29) is 0 Å². The van der Waals surface area contributed by atoms with E-state index < -0.39 is 0 Å². The molecule has 126 valence electrons. The number of aromatic nitrogens is 2. The zero-order chi connectivity index (χ0) is 17.1. The molecule has 2 rings (SSSR count). The van der Waals surface area contributed by atoms with Crippen molar-refractivity contribution in [3.05, 3.63) is 49.1 Å². The minimum absolute atomic E-state index is 0.602. The summed E-state index contributed by atoms with van der Waals surface area (Å²) in [5.41, 5.74) is 0. The van der Waals surface area contributed by atoms with Crippen LogP contribution in [-0.4, -0.2) is 34.2 Å². The molecule has 0 spiro atoms. The highest BCUT2D eigenvalue weighted by Gasteiger charge is 1.91. The van der Waals surface area contributed by atoms with Crippen LogP contribution in [0.25, 0.3) is 0 Å². The maximum absolute atomic E-state index is 2.17. The summed E-state index contributed by atoms with van der Waals surface area (Å²) in [5.74, 6) is 0. The van der Waals surface area contributed by atoms with Gasteiger partial charge < -0.3 is 14.0 Å². The van der Waals surface area contributed by atoms with E-state index in [0.717, 1.165) is 0 Å². The van der Waals surface area contributed by atoms with Crippen LogP contribution >= 0.6 is 0 Å². The lowest BCUT2D eigenvalue weighted by molar-refractivity contribution is 0.335. The summed E-state index contributed by atoms with van der Waals surface area (Å²) >= 11 is 0. The minimum Gasteiger partial charge on any atom is -0.352 e. The normalized spacial score (nSPS) is 10.5. The van der Waals surface area contributed by atoms with Gasteiger partial charge in [-0.1, -0.05) is 0 Å². The van der Waals surface area contributed by atoms with Gasteiger partial charge in [0.05, 0.1) is 0 Å². The van der Waals surface area contributed by atoms with Gasteiger partial charge in [-0.25, -0.2) is 0 Å². The Morgan fingerprint density at radius 2 is 0.818 bits per heavy atom. The maximum Gasteiger partial charge on any atom is 0.0274 e. The topological polar surface area (TPSA) is 13.1 Å². The summed E-state index contributed by atoms with van der Waals surface area (Å²) < 4.78 is 4.33. The summed E-state index contributed by atoms with van der Waals surface area (Å²) in [4.78, 5) is 2.17. The van der Waals surface area contributed by atoms with Crippen LogP contribution < -0.4 is 0 Å². The van der Waals surface area contributed by atoms with Crippen LogP contribution in [0.15, 0.2) is 49.1 Å². The van der Waals surface area contributed by atoms with Gasteiger partial charge in [-0.15, -0.1) is 0 Å². The van der Waals surface area contributed by atoms with Crippen molar-refractivity contribution in [3.8, 4) is 0 Å². The van der Waals surface area contributed by atoms with Gasteiger partial charge in [0.1, 0.15) is 0 Å². The van der Waals surface area contributed by atoms with E-state index in [1.807, 2.05) is 24.3 Å². The summed E-state index contributed by atoms with van der Waals surface area (Å²) in [5, 5.41) is 0. The fourth-order valence-corrected chi connectivity index (χ4v) is 1.38. The molecule has 3 nitrogen and oxygen atoms in total. The predicted molar refractivity (Wildman–Crippen MR) is 98.5 cm³/mol. The smallest absolute Gasteiger partial charge is 0.0274 e. The third-order valence-corrected chi connectivity index (χ3v) is 3.48. The first-order valence-electron chi connectivity index (χ1n) is 8.17. The van der Waals surface area contributed by atoms with Crippen molar-refractivity contribution in [3.63, 3.8) is 0 Å². The maximum atomic E-state index is 2.17. The molecule has 0 amide bonds. The monoisotopic (exact) mass is 305 g/mol. The van der Waals surface area contributed by atoms with Crippen molar-refractivity contribution in [1.29, 1.82) is 0 Å². The van der Waals surface area contributed by atoms with Gasteiger partial charge in [0.25, 0.3) is 0 Å². The van der Waals surface area contributed by atoms with Crippen LogP contribution in [0.4, 0.5) is 0 Å². The van der Waals surface area contributed by atoms with E-state index in [9.17, 15) is 0 Å². The average Bonchev–Trinajstić information content (AvgIpc) is 3.14. The zero-order valence-electron chi connectivity index (χ0n) is 15.7. The molecule has 0 aliphatic rings. The van der Waals surface area contributed by atoms with E-state index in [2.05, 4.69) is 94.5 Å². The van der Waals surface area contributed by atoms with Gasteiger partial charge >= 0.3 is 0 Å². The van der Waals surface area contributed by atoms with Gasteiger partial charge in [-0.3, -0.25) is 0 Å². The van der Waals surface area contributed by atoms with E-state index in [0.29, 0.717) is 18.1 Å². The molecule has 2 aromatic heterocycles. The Kier molecular flexibility index (Phi) is 10.4. The molecule has 0 aliphatic heterocycles. The van der Waals surface area contributed by atoms with Gasteiger partial charge in [-0.05, 0) is 79.9 Å². The predicted octanol–water partition coefficient (Wildman–Crippen LogP) is 5.09. The fraction of sp³-hybridized carbons (Fsp3) is 0.579. The third kappa shape index (κ3) is 9.46. The Hall–Kier alpha value is -1.48. The lowest BCUT2D eigenvalue weighted by atomic mass is 10.4. The molecule has 0 saturated carbocycles. The van der Waals surface area contributed by atoms with E-state index >= 15 is 0 Å². The van der Waals surface area contributed by atoms with Crippen molar-refractivity contribution in [2.45, 2.75) is 59.7 Å². The van der Waals surface area contributed by atoms with Gasteiger partial charge in [0.2, 0.25) is 0 Å². The second-order valence-electron chi connectivity index (χ2n) is 6.51. The SMILES string of the molecule is CC(C)N(C)C.CC(C)n1cccc1.CC(C)n1cccc1. The molecule has 0 atom stereocenters. The van der Waals surface area contributed by atoms with Gasteiger partial charge in [0.15, 0.2) is 0 Å². The number of nitrogens with zero attached hydrogens (tertiary/aromatic N) is 3. The second kappa shape index (κ2) is 11.1. The van der Waals surface area contributed by atoms with E-state index in [1.54, 1.807) is 0 Å². The first kappa shape index (κ1) is 20.5. The number of rotatable bonds is 3.